The van der Waals surface area contributed by atoms with E-state index in [-0.39, 0.29) is 62.3 Å². The molecule has 0 saturated heterocycles. The fraction of sp³-hybridized carbons (Fsp3) is 0.426. The summed E-state index contributed by atoms with van der Waals surface area (Å²) in [4.78, 5) is 136. The van der Waals surface area contributed by atoms with Gasteiger partial charge < -0.3 is 88.1 Å². The van der Waals surface area contributed by atoms with E-state index in [2.05, 4.69) is 47.2 Å². The second kappa shape index (κ2) is 30.6. The summed E-state index contributed by atoms with van der Waals surface area (Å²) in [6, 6.07) is 7.97. The molecule has 0 aliphatic rings. The molecule has 6 atom stereocenters. The first-order valence-electron chi connectivity index (χ1n) is 23.7. The van der Waals surface area contributed by atoms with Crippen LogP contribution in [0.3, 0.4) is 0 Å². The van der Waals surface area contributed by atoms with Crippen molar-refractivity contribution in [3.8, 4) is 0 Å². The van der Waals surface area contributed by atoms with Crippen molar-refractivity contribution in [1.82, 2.24) is 42.2 Å². The van der Waals surface area contributed by atoms with Crippen molar-refractivity contribution in [3.05, 3.63) is 94.3 Å². The number of rotatable bonds is 31. The molecule has 0 aliphatic carbocycles. The Morgan fingerprint density at radius 2 is 1.11 bits per heavy atom. The number of benzene rings is 2. The van der Waals surface area contributed by atoms with E-state index in [1.54, 1.807) is 36.4 Å². The highest BCUT2D eigenvalue weighted by Gasteiger charge is 2.31. The van der Waals surface area contributed by atoms with Crippen LogP contribution in [0.1, 0.15) is 112 Å². The van der Waals surface area contributed by atoms with Crippen LogP contribution in [0.2, 0.25) is 0 Å². The number of aromatic nitrogens is 1. The standard InChI is InChI=1S/C47H69N17O10/c1-25(50)39(67)63-37(28-9-3-2-4-10-28)46(74)62-34(15-16-36(52)65)43(71)57-23-27-19-26(20-29(21-27)38(53)66)22-56-41(69)31(11-5-7-17-48)61-44(72)32(12-6-8-18-49)60-40(68)30(51)24-58-42(70)33-13-14-35(59-33)45(73)64-47(54)55/h2-4,9-10,13-14,19-21,25,30-32,34,37,59H,5-8,11-12,15-18,22-24,48-51H2,1H3,(H2,52,65)(H2,53,66)(H,56,69)(H,57,71)(H,58,70)(H,60,68)(H,61,72)(H,62,74)(H,63,67)(H4,54,55,64,73)/t25-,30-,31-,32-,34-,37-/m0/s1. The lowest BCUT2D eigenvalue weighted by atomic mass is 10.0. The molecular weight excluding hydrogens is 963 g/mol. The number of nitrogens with zero attached hydrogens (tertiary/aromatic N) is 1. The number of nitrogens with one attached hydrogen (secondary N) is 8. The molecule has 24 N–H and O–H groups in total. The molecule has 10 amide bonds. The molecule has 0 bridgehead atoms. The lowest BCUT2D eigenvalue weighted by Gasteiger charge is -2.24. The van der Waals surface area contributed by atoms with Crippen LogP contribution in [0.15, 0.2) is 65.7 Å². The maximum absolute atomic E-state index is 13.8. The van der Waals surface area contributed by atoms with Gasteiger partial charge in [0.1, 0.15) is 41.6 Å². The molecule has 2 aromatic carbocycles. The van der Waals surface area contributed by atoms with Crippen LogP contribution >= 0.6 is 0 Å². The van der Waals surface area contributed by atoms with E-state index in [1.165, 1.54) is 31.2 Å². The summed E-state index contributed by atoms with van der Waals surface area (Å²) in [7, 11) is 0. The number of guanidine groups is 1. The number of primary amides is 2. The highest BCUT2D eigenvalue weighted by Crippen LogP contribution is 2.16. The number of nitrogens with two attached hydrogens (primary N) is 8. The molecule has 74 heavy (non-hydrogen) atoms. The van der Waals surface area contributed by atoms with Crippen LogP contribution in [-0.2, 0) is 46.7 Å². The Labute approximate surface area is 426 Å². The predicted octanol–water partition coefficient (Wildman–Crippen LogP) is -4.30. The summed E-state index contributed by atoms with van der Waals surface area (Å²) in [5, 5.41) is 18.4. The molecule has 0 fully saturated rings. The molecule has 27 heteroatoms. The lowest BCUT2D eigenvalue weighted by molar-refractivity contribution is -0.132. The van der Waals surface area contributed by atoms with Crippen molar-refractivity contribution < 1.29 is 47.9 Å². The van der Waals surface area contributed by atoms with Gasteiger partial charge >= 0.3 is 0 Å². The topological polar surface area (TPSA) is 491 Å². The Bertz CT molecular complexity index is 2480. The third-order valence-corrected chi connectivity index (χ3v) is 11.0. The van der Waals surface area contributed by atoms with Gasteiger partial charge in [0, 0.05) is 31.6 Å². The Morgan fingerprint density at radius 3 is 1.64 bits per heavy atom. The summed E-state index contributed by atoms with van der Waals surface area (Å²) < 4.78 is 0. The average molecular weight is 1030 g/mol. The number of amides is 10. The fourth-order valence-electron chi connectivity index (χ4n) is 7.06. The van der Waals surface area contributed by atoms with E-state index < -0.39 is 101 Å². The molecule has 402 valence electrons. The van der Waals surface area contributed by atoms with Crippen LogP contribution in [0, 0.1) is 0 Å². The second-order valence-electron chi connectivity index (χ2n) is 17.2. The van der Waals surface area contributed by atoms with Gasteiger partial charge in [-0.15, -0.1) is 0 Å². The molecule has 1 aromatic heterocycles. The first kappa shape index (κ1) is 60.0. The maximum Gasteiger partial charge on any atom is 0.296 e. The van der Waals surface area contributed by atoms with Gasteiger partial charge in [0.05, 0.1) is 6.04 Å². The van der Waals surface area contributed by atoms with Crippen molar-refractivity contribution in [1.29, 1.82) is 0 Å². The Balaban J connectivity index is 1.74. The van der Waals surface area contributed by atoms with Crippen molar-refractivity contribution in [2.75, 3.05) is 19.6 Å². The SMILES string of the molecule is C[C@H](N)C(=O)N[C@H](C(=O)N[C@@H](CCC(N)=O)C(=O)NCc1cc(CNC(=O)[C@H](CCCCN)NC(=O)[C@H](CCCCN)NC(=O)[C@@H](N)CNC(=O)c2ccc(C(=O)N=C(N)N)[nH]2)cc(C(N)=O)c1)c1ccccc1. The van der Waals surface area contributed by atoms with Crippen molar-refractivity contribution in [2.45, 2.75) is 108 Å². The maximum atomic E-state index is 13.8. The molecule has 0 radical (unpaired) electrons. The Hall–Kier alpha value is -8.27. The van der Waals surface area contributed by atoms with Gasteiger partial charge in [-0.3, -0.25) is 47.9 Å². The van der Waals surface area contributed by atoms with Crippen LogP contribution in [0.4, 0.5) is 0 Å². The van der Waals surface area contributed by atoms with Crippen molar-refractivity contribution in [2.24, 2.45) is 50.9 Å². The van der Waals surface area contributed by atoms with E-state index in [9.17, 15) is 47.9 Å². The molecule has 3 aromatic rings. The quantitative estimate of drug-likeness (QED) is 0.0165. The summed E-state index contributed by atoms with van der Waals surface area (Å²) in [5.41, 5.74) is 45.7. The number of carbonyl (C=O) groups is 10. The number of carbonyl (C=O) groups excluding carboxylic acids is 10. The number of unbranched alkanes of at least 4 members (excludes halogenated alkanes) is 2. The van der Waals surface area contributed by atoms with Gasteiger partial charge in [0.25, 0.3) is 11.8 Å². The summed E-state index contributed by atoms with van der Waals surface area (Å²) >= 11 is 0. The third-order valence-electron chi connectivity index (χ3n) is 11.0. The fourth-order valence-corrected chi connectivity index (χ4v) is 7.06. The Morgan fingerprint density at radius 1 is 0.581 bits per heavy atom. The summed E-state index contributed by atoms with van der Waals surface area (Å²) in [6.45, 7) is 1.23. The highest BCUT2D eigenvalue weighted by atomic mass is 16.2. The Kier molecular flexibility index (Phi) is 24.8. The number of H-pyrrole nitrogens is 1. The van der Waals surface area contributed by atoms with Crippen LogP contribution in [0.25, 0.3) is 0 Å². The predicted molar refractivity (Wildman–Crippen MR) is 271 cm³/mol. The minimum atomic E-state index is -1.34. The number of hydrogen-bond acceptors (Lipinski definition) is 14. The zero-order valence-electron chi connectivity index (χ0n) is 41.1. The highest BCUT2D eigenvalue weighted by molar-refractivity contribution is 6.02. The van der Waals surface area contributed by atoms with Gasteiger partial charge in [0.2, 0.25) is 47.3 Å². The smallest absolute Gasteiger partial charge is 0.296 e. The second-order valence-corrected chi connectivity index (χ2v) is 17.2. The monoisotopic (exact) mass is 1030 g/mol. The minimum absolute atomic E-state index is 0.0197. The number of aromatic amines is 1. The average Bonchev–Trinajstić information content (AvgIpc) is 3.87. The first-order valence-corrected chi connectivity index (χ1v) is 23.7. The number of hydrogen-bond donors (Lipinski definition) is 16. The van der Waals surface area contributed by atoms with Crippen LogP contribution in [-0.4, -0.2) is 120 Å². The molecule has 27 nitrogen and oxygen atoms in total. The zero-order valence-corrected chi connectivity index (χ0v) is 41.1. The lowest BCUT2D eigenvalue weighted by Crippen LogP contribution is -2.57. The van der Waals surface area contributed by atoms with E-state index in [0.29, 0.717) is 55.5 Å². The van der Waals surface area contributed by atoms with Crippen LogP contribution in [0.5, 0.6) is 0 Å². The molecule has 0 aliphatic heterocycles. The van der Waals surface area contributed by atoms with Crippen LogP contribution < -0.4 is 83.1 Å². The van der Waals surface area contributed by atoms with E-state index in [1.807, 2.05) is 0 Å². The summed E-state index contributed by atoms with van der Waals surface area (Å²) in [5.74, 6) is -7.88. The minimum Gasteiger partial charge on any atom is -0.370 e. The van der Waals surface area contributed by atoms with Gasteiger partial charge in [-0.25, -0.2) is 0 Å². The summed E-state index contributed by atoms with van der Waals surface area (Å²) in [6.07, 6.45) is 1.58. The molecular formula is C47H69N17O10. The van der Waals surface area contributed by atoms with Gasteiger partial charge in [-0.2, -0.15) is 4.99 Å². The van der Waals surface area contributed by atoms with E-state index in [4.69, 9.17) is 45.9 Å². The van der Waals surface area contributed by atoms with Gasteiger partial charge in [0.15, 0.2) is 5.96 Å². The largest absolute Gasteiger partial charge is 0.370 e. The number of aliphatic imine (C=N–C) groups is 1. The van der Waals surface area contributed by atoms with E-state index >= 15 is 0 Å². The molecule has 3 rings (SSSR count). The van der Waals surface area contributed by atoms with Gasteiger partial charge in [-0.05, 0) is 106 Å². The zero-order chi connectivity index (χ0) is 54.9. The molecule has 0 saturated carbocycles. The molecule has 0 unspecified atom stereocenters. The normalized spacial score (nSPS) is 13.3. The van der Waals surface area contributed by atoms with Gasteiger partial charge in [-0.1, -0.05) is 36.4 Å². The molecule has 1 heterocycles. The van der Waals surface area contributed by atoms with Crippen molar-refractivity contribution >= 4 is 65.0 Å². The van der Waals surface area contributed by atoms with Crippen molar-refractivity contribution in [3.63, 3.8) is 0 Å². The third kappa shape index (κ3) is 20.5. The first-order chi connectivity index (χ1) is 35.1. The van der Waals surface area contributed by atoms with E-state index in [0.717, 1.165) is 0 Å². The molecule has 0 spiro atoms.